The summed E-state index contributed by atoms with van der Waals surface area (Å²) in [6.45, 7) is 10.4. The number of aryl methyl sites for hydroxylation is 3. The van der Waals surface area contributed by atoms with Gasteiger partial charge in [0.05, 0.1) is 5.75 Å². The molecule has 6 nitrogen and oxygen atoms in total. The van der Waals surface area contributed by atoms with Crippen molar-refractivity contribution >= 4 is 35.0 Å². The minimum atomic E-state index is -0.0997. The third-order valence-corrected chi connectivity index (χ3v) is 6.20. The maximum Gasteiger partial charge on any atom is 0.234 e. The second-order valence-corrected chi connectivity index (χ2v) is 8.43. The zero-order valence-corrected chi connectivity index (χ0v) is 19.4. The molecule has 0 saturated heterocycles. The summed E-state index contributed by atoms with van der Waals surface area (Å²) in [6.07, 6.45) is 1.76. The highest BCUT2D eigenvalue weighted by Crippen LogP contribution is 2.27. The van der Waals surface area contributed by atoms with Crippen LogP contribution < -0.4 is 10.1 Å². The lowest BCUT2D eigenvalue weighted by Gasteiger charge is -2.11. The van der Waals surface area contributed by atoms with E-state index in [1.165, 1.54) is 11.8 Å². The van der Waals surface area contributed by atoms with Crippen LogP contribution in [0.25, 0.3) is 0 Å². The quantitative estimate of drug-likeness (QED) is 0.347. The van der Waals surface area contributed by atoms with Crippen LogP contribution in [0.1, 0.15) is 22.5 Å². The molecule has 0 spiro atoms. The molecule has 1 N–H and O–H groups in total. The molecule has 31 heavy (non-hydrogen) atoms. The highest BCUT2D eigenvalue weighted by molar-refractivity contribution is 7.99. The topological polar surface area (TPSA) is 69.0 Å². The van der Waals surface area contributed by atoms with Crippen LogP contribution in [0.4, 0.5) is 5.69 Å². The molecular weight excluding hydrogens is 432 g/mol. The molecule has 0 fully saturated rings. The fraction of sp³-hybridized carbons (Fsp3) is 0.261. The average molecular weight is 457 g/mol. The van der Waals surface area contributed by atoms with Crippen molar-refractivity contribution in [3.63, 3.8) is 0 Å². The largest absolute Gasteiger partial charge is 0.486 e. The number of halogens is 1. The summed E-state index contributed by atoms with van der Waals surface area (Å²) in [6, 6.07) is 11.5. The van der Waals surface area contributed by atoms with Crippen LogP contribution >= 0.6 is 23.4 Å². The predicted octanol–water partition coefficient (Wildman–Crippen LogP) is 5.35. The smallest absolute Gasteiger partial charge is 0.234 e. The van der Waals surface area contributed by atoms with Gasteiger partial charge in [0.2, 0.25) is 5.91 Å². The molecule has 1 amide bonds. The minimum Gasteiger partial charge on any atom is -0.486 e. The molecule has 0 aliphatic rings. The van der Waals surface area contributed by atoms with Gasteiger partial charge in [-0.05, 0) is 55.7 Å². The summed E-state index contributed by atoms with van der Waals surface area (Å²) < 4.78 is 7.82. The fourth-order valence-corrected chi connectivity index (χ4v) is 3.89. The van der Waals surface area contributed by atoms with Crippen LogP contribution in [0.3, 0.4) is 0 Å². The number of hydrogen-bond donors (Lipinski definition) is 1. The molecule has 8 heteroatoms. The van der Waals surface area contributed by atoms with Crippen molar-refractivity contribution in [1.29, 1.82) is 0 Å². The summed E-state index contributed by atoms with van der Waals surface area (Å²) in [7, 11) is 0. The van der Waals surface area contributed by atoms with Gasteiger partial charge in [-0.2, -0.15) is 0 Å². The number of para-hydroxylation sites is 1. The number of rotatable bonds is 9. The molecule has 0 atom stereocenters. The first-order chi connectivity index (χ1) is 14.9. The molecule has 0 aliphatic carbocycles. The molecule has 3 rings (SSSR count). The zero-order valence-electron chi connectivity index (χ0n) is 17.8. The van der Waals surface area contributed by atoms with E-state index in [4.69, 9.17) is 16.3 Å². The van der Waals surface area contributed by atoms with Gasteiger partial charge in [-0.15, -0.1) is 16.8 Å². The number of thioether (sulfide) groups is 1. The molecule has 3 aromatic rings. The van der Waals surface area contributed by atoms with Gasteiger partial charge in [-0.3, -0.25) is 9.36 Å². The number of ether oxygens (including phenoxy) is 1. The molecule has 162 valence electrons. The van der Waals surface area contributed by atoms with E-state index in [1.54, 1.807) is 6.08 Å². The van der Waals surface area contributed by atoms with E-state index in [0.29, 0.717) is 17.5 Å². The zero-order chi connectivity index (χ0) is 22.4. The summed E-state index contributed by atoms with van der Waals surface area (Å²) in [5.41, 5.74) is 3.74. The minimum absolute atomic E-state index is 0.0997. The third kappa shape index (κ3) is 5.89. The lowest BCUT2D eigenvalue weighted by molar-refractivity contribution is -0.113. The maximum atomic E-state index is 12.4. The van der Waals surface area contributed by atoms with Crippen molar-refractivity contribution in [3.8, 4) is 5.75 Å². The molecule has 0 bridgehead atoms. The lowest BCUT2D eigenvalue weighted by atomic mass is 10.1. The van der Waals surface area contributed by atoms with Crippen molar-refractivity contribution in [2.75, 3.05) is 11.1 Å². The summed E-state index contributed by atoms with van der Waals surface area (Å²) in [5.74, 6) is 1.50. The first kappa shape index (κ1) is 22.9. The number of nitrogens with zero attached hydrogens (tertiary/aromatic N) is 3. The molecule has 0 saturated carbocycles. The van der Waals surface area contributed by atoms with E-state index in [0.717, 1.165) is 33.1 Å². The van der Waals surface area contributed by atoms with Gasteiger partial charge in [0.25, 0.3) is 0 Å². The number of benzene rings is 2. The Bertz CT molecular complexity index is 1070. The maximum absolute atomic E-state index is 12.4. The van der Waals surface area contributed by atoms with Crippen molar-refractivity contribution < 1.29 is 9.53 Å². The number of nitrogens with one attached hydrogen (secondary N) is 1. The molecule has 2 aromatic carbocycles. The molecule has 0 radical (unpaired) electrons. The van der Waals surface area contributed by atoms with Crippen LogP contribution in [0, 0.1) is 20.8 Å². The van der Waals surface area contributed by atoms with Crippen molar-refractivity contribution in [2.45, 2.75) is 39.1 Å². The summed E-state index contributed by atoms with van der Waals surface area (Å²) >= 11 is 7.55. The van der Waals surface area contributed by atoms with Gasteiger partial charge in [0.15, 0.2) is 11.0 Å². The normalized spacial score (nSPS) is 10.7. The molecule has 0 aliphatic heterocycles. The third-order valence-electron chi connectivity index (χ3n) is 4.63. The van der Waals surface area contributed by atoms with E-state index < -0.39 is 0 Å². The Labute approximate surface area is 191 Å². The van der Waals surface area contributed by atoms with Gasteiger partial charge in [-0.25, -0.2) is 0 Å². The standard InChI is InChI=1S/C23H25ClN4O2S/c1-5-10-28-20(13-30-18-11-16(3)22(24)17(4)12-18)26-27-23(28)31-14-21(29)25-19-9-7-6-8-15(19)2/h5-9,11-12H,1,10,13-14H2,2-4H3,(H,25,29). The molecule has 1 aromatic heterocycles. The summed E-state index contributed by atoms with van der Waals surface area (Å²) in [4.78, 5) is 12.4. The van der Waals surface area contributed by atoms with Crippen LogP contribution in [-0.2, 0) is 17.9 Å². The Kier molecular flexibility index (Phi) is 7.76. The molecule has 1 heterocycles. The Morgan fingerprint density at radius 3 is 2.58 bits per heavy atom. The lowest BCUT2D eigenvalue weighted by Crippen LogP contribution is -2.15. The Hall–Kier alpha value is -2.77. The van der Waals surface area contributed by atoms with E-state index in [1.807, 2.05) is 61.7 Å². The highest BCUT2D eigenvalue weighted by atomic mass is 35.5. The Balaban J connectivity index is 1.65. The van der Waals surface area contributed by atoms with Gasteiger partial charge in [0, 0.05) is 17.3 Å². The fourth-order valence-electron chi connectivity index (χ4n) is 3.01. The number of hydrogen-bond acceptors (Lipinski definition) is 5. The van der Waals surface area contributed by atoms with Gasteiger partial charge in [-0.1, -0.05) is 47.6 Å². The number of amides is 1. The second kappa shape index (κ2) is 10.5. The predicted molar refractivity (Wildman–Crippen MR) is 126 cm³/mol. The first-order valence-electron chi connectivity index (χ1n) is 9.80. The van der Waals surface area contributed by atoms with Crippen LogP contribution in [-0.4, -0.2) is 26.4 Å². The number of carbonyl (C=O) groups excluding carboxylic acids is 1. The number of allylic oxidation sites excluding steroid dienone is 1. The Morgan fingerprint density at radius 1 is 1.19 bits per heavy atom. The van der Waals surface area contributed by atoms with Crippen molar-refractivity contribution in [2.24, 2.45) is 0 Å². The van der Waals surface area contributed by atoms with E-state index in [9.17, 15) is 4.79 Å². The van der Waals surface area contributed by atoms with Crippen LogP contribution in [0.5, 0.6) is 5.75 Å². The average Bonchev–Trinajstić information content (AvgIpc) is 3.12. The van der Waals surface area contributed by atoms with Crippen molar-refractivity contribution in [3.05, 3.63) is 76.6 Å². The van der Waals surface area contributed by atoms with E-state index in [-0.39, 0.29) is 18.3 Å². The first-order valence-corrected chi connectivity index (χ1v) is 11.2. The molecular formula is C23H25ClN4O2S. The molecule has 0 unspecified atom stereocenters. The summed E-state index contributed by atoms with van der Waals surface area (Å²) in [5, 5.41) is 12.8. The van der Waals surface area contributed by atoms with E-state index in [2.05, 4.69) is 22.1 Å². The Morgan fingerprint density at radius 2 is 1.90 bits per heavy atom. The van der Waals surface area contributed by atoms with Crippen LogP contribution in [0.2, 0.25) is 5.02 Å². The SMILES string of the molecule is C=CCn1c(COc2cc(C)c(Cl)c(C)c2)nnc1SCC(=O)Nc1ccccc1C. The van der Waals surface area contributed by atoms with Gasteiger partial charge >= 0.3 is 0 Å². The monoisotopic (exact) mass is 456 g/mol. The van der Waals surface area contributed by atoms with Gasteiger partial charge in [0.1, 0.15) is 12.4 Å². The number of anilines is 1. The van der Waals surface area contributed by atoms with Crippen LogP contribution in [0.15, 0.2) is 54.2 Å². The second-order valence-electron chi connectivity index (χ2n) is 7.11. The number of aromatic nitrogens is 3. The highest BCUT2D eigenvalue weighted by Gasteiger charge is 2.15. The van der Waals surface area contributed by atoms with Crippen molar-refractivity contribution in [1.82, 2.24) is 14.8 Å². The number of carbonyl (C=O) groups is 1. The van der Waals surface area contributed by atoms with E-state index >= 15 is 0 Å². The van der Waals surface area contributed by atoms with Gasteiger partial charge < -0.3 is 10.1 Å².